The first kappa shape index (κ1) is 22.0. The van der Waals surface area contributed by atoms with Crippen molar-refractivity contribution < 1.29 is 23.5 Å². The third-order valence-electron chi connectivity index (χ3n) is 5.88. The number of aryl methyl sites for hydroxylation is 1. The van der Waals surface area contributed by atoms with E-state index in [4.69, 9.17) is 4.74 Å². The molecule has 2 heterocycles. The van der Waals surface area contributed by atoms with Crippen molar-refractivity contribution in [1.29, 1.82) is 0 Å². The number of carbonyl (C=O) groups is 3. The monoisotopic (exact) mass is 439 g/mol. The number of cyclic esters (lactones) is 1. The molecule has 32 heavy (non-hydrogen) atoms. The van der Waals surface area contributed by atoms with Crippen LogP contribution in [0.3, 0.4) is 0 Å². The predicted octanol–water partition coefficient (Wildman–Crippen LogP) is 2.68. The zero-order valence-corrected chi connectivity index (χ0v) is 17.9. The third kappa shape index (κ3) is 4.96. The van der Waals surface area contributed by atoms with Crippen LogP contribution in [0.15, 0.2) is 42.5 Å². The number of nitrogens with one attached hydrogen (secondary N) is 2. The minimum atomic E-state index is -0.566. The molecule has 2 saturated heterocycles. The average molecular weight is 439 g/mol. The number of Topliss-reactive ketones (excluding diaryl/α,β-unsaturated/α-hetero) is 1. The van der Waals surface area contributed by atoms with E-state index in [2.05, 4.69) is 10.6 Å². The number of halogens is 1. The van der Waals surface area contributed by atoms with E-state index in [1.807, 2.05) is 24.3 Å². The van der Waals surface area contributed by atoms with Gasteiger partial charge in [0.25, 0.3) is 0 Å². The molecule has 0 aromatic heterocycles. The zero-order chi connectivity index (χ0) is 22.7. The van der Waals surface area contributed by atoms with Crippen molar-refractivity contribution in [3.63, 3.8) is 0 Å². The quantitative estimate of drug-likeness (QED) is 0.660. The van der Waals surface area contributed by atoms with Crippen LogP contribution >= 0.6 is 0 Å². The Bertz CT molecular complexity index is 1020. The first-order valence-electron chi connectivity index (χ1n) is 10.8. The van der Waals surface area contributed by atoms with Crippen molar-refractivity contribution >= 4 is 23.5 Å². The summed E-state index contributed by atoms with van der Waals surface area (Å²) in [5.74, 6) is -0.214. The molecule has 0 bridgehead atoms. The molecule has 4 rings (SSSR count). The van der Waals surface area contributed by atoms with Gasteiger partial charge in [-0.2, -0.15) is 0 Å². The average Bonchev–Trinajstić information content (AvgIpc) is 3.10. The maximum Gasteiger partial charge on any atom is 0.414 e. The number of amides is 2. The highest BCUT2D eigenvalue weighted by Gasteiger charge is 2.32. The second kappa shape index (κ2) is 9.48. The maximum absolute atomic E-state index is 14.9. The number of benzene rings is 2. The Morgan fingerprint density at radius 3 is 2.56 bits per heavy atom. The van der Waals surface area contributed by atoms with Crippen LogP contribution in [0.4, 0.5) is 14.9 Å². The van der Waals surface area contributed by atoms with E-state index >= 15 is 0 Å². The molecule has 0 saturated carbocycles. The smallest absolute Gasteiger partial charge is 0.414 e. The molecule has 168 valence electrons. The number of nitrogens with zero attached hydrogens (tertiary/aromatic N) is 1. The summed E-state index contributed by atoms with van der Waals surface area (Å²) in [6.45, 7) is 3.40. The second-order valence-electron chi connectivity index (χ2n) is 8.24. The van der Waals surface area contributed by atoms with Crippen molar-refractivity contribution in [2.45, 2.75) is 25.9 Å². The van der Waals surface area contributed by atoms with Crippen LogP contribution in [0.2, 0.25) is 0 Å². The molecule has 2 aliphatic heterocycles. The lowest BCUT2D eigenvalue weighted by molar-refractivity contribution is -0.124. The maximum atomic E-state index is 14.9. The van der Waals surface area contributed by atoms with Gasteiger partial charge in [0.15, 0.2) is 0 Å². The van der Waals surface area contributed by atoms with E-state index in [0.29, 0.717) is 24.1 Å². The molecule has 7 nitrogen and oxygen atoms in total. The van der Waals surface area contributed by atoms with Gasteiger partial charge in [-0.15, -0.1) is 0 Å². The summed E-state index contributed by atoms with van der Waals surface area (Å²) in [7, 11) is 0. The van der Waals surface area contributed by atoms with Gasteiger partial charge in [-0.05, 0) is 35.7 Å². The summed E-state index contributed by atoms with van der Waals surface area (Å²) >= 11 is 0. The lowest BCUT2D eigenvalue weighted by Gasteiger charge is -2.25. The summed E-state index contributed by atoms with van der Waals surface area (Å²) < 4.78 is 20.1. The molecule has 2 aromatic rings. The van der Waals surface area contributed by atoms with Crippen molar-refractivity contribution in [2.24, 2.45) is 5.92 Å². The van der Waals surface area contributed by atoms with Crippen molar-refractivity contribution in [1.82, 2.24) is 10.6 Å². The number of ketones is 1. The normalized spacial score (nSPS) is 18.2. The van der Waals surface area contributed by atoms with Crippen molar-refractivity contribution in [3.8, 4) is 11.1 Å². The summed E-state index contributed by atoms with van der Waals surface area (Å²) in [5.41, 5.74) is 2.60. The third-order valence-corrected chi connectivity index (χ3v) is 5.88. The van der Waals surface area contributed by atoms with Crippen LogP contribution < -0.4 is 15.5 Å². The number of anilines is 1. The summed E-state index contributed by atoms with van der Waals surface area (Å²) in [5, 5.41) is 5.72. The number of hydrogen-bond acceptors (Lipinski definition) is 5. The molecule has 2 amide bonds. The molecule has 0 radical (unpaired) electrons. The van der Waals surface area contributed by atoms with Gasteiger partial charge in [0.05, 0.1) is 18.8 Å². The van der Waals surface area contributed by atoms with E-state index in [1.165, 1.54) is 17.9 Å². The van der Waals surface area contributed by atoms with E-state index in [0.717, 1.165) is 24.2 Å². The molecule has 0 spiro atoms. The molecule has 2 fully saturated rings. The Balaban J connectivity index is 1.39. The molecule has 8 heteroatoms. The molecule has 0 unspecified atom stereocenters. The number of ether oxygens (including phenoxy) is 1. The molecule has 2 aliphatic rings. The molecule has 1 atom stereocenters. The Hall–Kier alpha value is -3.26. The van der Waals surface area contributed by atoms with E-state index < -0.39 is 18.0 Å². The van der Waals surface area contributed by atoms with Gasteiger partial charge in [-0.3, -0.25) is 14.5 Å². The molecule has 0 aliphatic carbocycles. The summed E-state index contributed by atoms with van der Waals surface area (Å²) in [6.07, 6.45) is 0.149. The van der Waals surface area contributed by atoms with Crippen LogP contribution in [-0.4, -0.2) is 50.1 Å². The lowest BCUT2D eigenvalue weighted by atomic mass is 9.93. The Morgan fingerprint density at radius 2 is 1.94 bits per heavy atom. The van der Waals surface area contributed by atoms with Gasteiger partial charge in [0.2, 0.25) is 5.91 Å². The fraction of sp³-hybridized carbons (Fsp3) is 0.375. The van der Waals surface area contributed by atoms with Crippen molar-refractivity contribution in [3.05, 3.63) is 53.8 Å². The van der Waals surface area contributed by atoms with Gasteiger partial charge in [0, 0.05) is 37.9 Å². The standard InChI is InChI=1S/C24H26FN3O4/c1-15(29)27-13-20-14-28(24(31)32-20)19-7-8-21(22(25)10-19)17-5-2-16(3-6-17)4-9-23(30)18-11-26-12-18/h2-3,5-8,10,18,20,26H,4,9,11-14H2,1H3,(H,27,29)/t20-/m0/s1. The minimum absolute atomic E-state index is 0.149. The SMILES string of the molecule is CC(=O)NC[C@H]1CN(c2ccc(-c3ccc(CCC(=O)C4CNC4)cc3)c(F)c2)C(=O)O1. The first-order chi connectivity index (χ1) is 15.4. The van der Waals surface area contributed by atoms with Crippen LogP contribution in [0, 0.1) is 11.7 Å². The topological polar surface area (TPSA) is 87.7 Å². The highest BCUT2D eigenvalue weighted by atomic mass is 19.1. The fourth-order valence-corrected chi connectivity index (χ4v) is 3.84. The molecule has 2 N–H and O–H groups in total. The summed E-state index contributed by atoms with van der Waals surface area (Å²) in [4.78, 5) is 36.6. The van der Waals surface area contributed by atoms with Gasteiger partial charge < -0.3 is 15.4 Å². The second-order valence-corrected chi connectivity index (χ2v) is 8.24. The predicted molar refractivity (Wildman–Crippen MR) is 118 cm³/mol. The number of hydrogen-bond donors (Lipinski definition) is 2. The Kier molecular flexibility index (Phi) is 6.50. The van der Waals surface area contributed by atoms with E-state index in [1.54, 1.807) is 12.1 Å². The van der Waals surface area contributed by atoms with Crippen LogP contribution in [0.1, 0.15) is 18.9 Å². The van der Waals surface area contributed by atoms with Crippen LogP contribution in [0.25, 0.3) is 11.1 Å². The minimum Gasteiger partial charge on any atom is -0.442 e. The van der Waals surface area contributed by atoms with Crippen LogP contribution in [-0.2, 0) is 20.7 Å². The fourth-order valence-electron chi connectivity index (χ4n) is 3.84. The molecular weight excluding hydrogens is 413 g/mol. The molecule has 2 aromatic carbocycles. The van der Waals surface area contributed by atoms with E-state index in [9.17, 15) is 18.8 Å². The highest BCUT2D eigenvalue weighted by molar-refractivity contribution is 5.90. The van der Waals surface area contributed by atoms with Gasteiger partial charge in [-0.25, -0.2) is 9.18 Å². The number of carbonyl (C=O) groups excluding carboxylic acids is 3. The largest absolute Gasteiger partial charge is 0.442 e. The Morgan fingerprint density at radius 1 is 1.19 bits per heavy atom. The van der Waals surface area contributed by atoms with Crippen molar-refractivity contribution in [2.75, 3.05) is 31.1 Å². The Labute approximate surface area is 185 Å². The molecular formula is C24H26FN3O4. The highest BCUT2D eigenvalue weighted by Crippen LogP contribution is 2.29. The van der Waals surface area contributed by atoms with Gasteiger partial charge >= 0.3 is 6.09 Å². The summed E-state index contributed by atoms with van der Waals surface area (Å²) in [6, 6.07) is 12.2. The van der Waals surface area contributed by atoms with Crippen LogP contribution in [0.5, 0.6) is 0 Å². The van der Waals surface area contributed by atoms with E-state index in [-0.39, 0.29) is 30.7 Å². The van der Waals surface area contributed by atoms with Gasteiger partial charge in [0.1, 0.15) is 17.7 Å². The first-order valence-corrected chi connectivity index (χ1v) is 10.8. The van der Waals surface area contributed by atoms with Gasteiger partial charge in [-0.1, -0.05) is 24.3 Å². The zero-order valence-electron chi connectivity index (χ0n) is 17.9. The lowest BCUT2D eigenvalue weighted by Crippen LogP contribution is -2.46. The number of rotatable bonds is 8.